The van der Waals surface area contributed by atoms with Crippen LogP contribution in [0.5, 0.6) is 0 Å². The van der Waals surface area contributed by atoms with Crippen molar-refractivity contribution in [1.29, 1.82) is 0 Å². The van der Waals surface area contributed by atoms with Crippen molar-refractivity contribution in [3.05, 3.63) is 29.8 Å². The number of primary amides is 1. The zero-order valence-electron chi connectivity index (χ0n) is 14.2. The fraction of sp³-hybridized carbons (Fsp3) is 0.471. The first kappa shape index (κ1) is 17.8. The number of carbonyl (C=O) groups is 3. The van der Waals surface area contributed by atoms with E-state index in [1.165, 1.54) is 17.0 Å². The second kappa shape index (κ2) is 6.90. The van der Waals surface area contributed by atoms with Crippen molar-refractivity contribution in [3.63, 3.8) is 0 Å². The number of likely N-dealkylation sites (tertiary alicyclic amines) is 1. The third-order valence-corrected chi connectivity index (χ3v) is 3.62. The molecule has 7 heteroatoms. The molecule has 24 heavy (non-hydrogen) atoms. The van der Waals surface area contributed by atoms with E-state index < -0.39 is 23.6 Å². The second-order valence-corrected chi connectivity index (χ2v) is 6.76. The van der Waals surface area contributed by atoms with Gasteiger partial charge in [-0.1, -0.05) is 0 Å². The number of nitrogens with two attached hydrogens (primary N) is 1. The maximum Gasteiger partial charge on any atom is 0.410 e. The molecule has 1 fully saturated rings. The molecule has 1 heterocycles. The molecular weight excluding hydrogens is 310 g/mol. The molecule has 0 unspecified atom stereocenters. The number of benzene rings is 1. The van der Waals surface area contributed by atoms with Gasteiger partial charge in [0.1, 0.15) is 11.6 Å². The van der Waals surface area contributed by atoms with E-state index >= 15 is 0 Å². The van der Waals surface area contributed by atoms with E-state index in [-0.39, 0.29) is 5.91 Å². The van der Waals surface area contributed by atoms with Crippen LogP contribution < -0.4 is 11.1 Å². The Balaban J connectivity index is 2.02. The molecule has 1 saturated heterocycles. The van der Waals surface area contributed by atoms with Crippen molar-refractivity contribution in [2.75, 3.05) is 11.9 Å². The highest BCUT2D eigenvalue weighted by Crippen LogP contribution is 2.22. The van der Waals surface area contributed by atoms with Gasteiger partial charge in [0, 0.05) is 17.8 Å². The molecule has 0 aliphatic carbocycles. The summed E-state index contributed by atoms with van der Waals surface area (Å²) >= 11 is 0. The predicted octanol–water partition coefficient (Wildman–Crippen LogP) is 2.12. The van der Waals surface area contributed by atoms with Crippen LogP contribution in [0.2, 0.25) is 0 Å². The van der Waals surface area contributed by atoms with Gasteiger partial charge in [-0.05, 0) is 57.9 Å². The summed E-state index contributed by atoms with van der Waals surface area (Å²) in [6.07, 6.45) is 0.854. The average molecular weight is 333 g/mol. The van der Waals surface area contributed by atoms with Crippen LogP contribution in [-0.4, -0.2) is 41.0 Å². The minimum Gasteiger partial charge on any atom is -0.444 e. The molecule has 1 aliphatic heterocycles. The molecule has 3 amide bonds. The van der Waals surface area contributed by atoms with Gasteiger partial charge in [0.05, 0.1) is 0 Å². The molecule has 0 aromatic heterocycles. The van der Waals surface area contributed by atoms with Crippen LogP contribution >= 0.6 is 0 Å². The molecule has 2 rings (SSSR count). The van der Waals surface area contributed by atoms with Crippen molar-refractivity contribution >= 4 is 23.6 Å². The third-order valence-electron chi connectivity index (χ3n) is 3.62. The number of nitrogens with zero attached hydrogens (tertiary/aromatic N) is 1. The van der Waals surface area contributed by atoms with Crippen LogP contribution in [0.25, 0.3) is 0 Å². The molecule has 0 bridgehead atoms. The first-order valence-electron chi connectivity index (χ1n) is 7.88. The molecular formula is C17H23N3O4. The Labute approximate surface area is 141 Å². The predicted molar refractivity (Wildman–Crippen MR) is 89.6 cm³/mol. The van der Waals surface area contributed by atoms with Crippen LogP contribution in [0, 0.1) is 0 Å². The molecule has 0 saturated carbocycles. The van der Waals surface area contributed by atoms with Gasteiger partial charge in [-0.2, -0.15) is 0 Å². The van der Waals surface area contributed by atoms with Gasteiger partial charge in [-0.25, -0.2) is 4.79 Å². The van der Waals surface area contributed by atoms with Crippen molar-refractivity contribution < 1.29 is 19.1 Å². The molecule has 1 aromatic carbocycles. The van der Waals surface area contributed by atoms with Crippen molar-refractivity contribution in [2.45, 2.75) is 45.3 Å². The molecule has 7 nitrogen and oxygen atoms in total. The van der Waals surface area contributed by atoms with E-state index in [4.69, 9.17) is 10.5 Å². The van der Waals surface area contributed by atoms with Crippen molar-refractivity contribution in [3.8, 4) is 0 Å². The van der Waals surface area contributed by atoms with E-state index in [9.17, 15) is 14.4 Å². The Morgan fingerprint density at radius 1 is 1.21 bits per heavy atom. The largest absolute Gasteiger partial charge is 0.444 e. The van der Waals surface area contributed by atoms with Crippen LogP contribution in [0.15, 0.2) is 24.3 Å². The number of hydrogen-bond donors (Lipinski definition) is 2. The van der Waals surface area contributed by atoms with Gasteiger partial charge in [0.2, 0.25) is 11.8 Å². The number of carbonyl (C=O) groups excluding carboxylic acids is 3. The highest BCUT2D eigenvalue weighted by atomic mass is 16.6. The topological polar surface area (TPSA) is 102 Å². The smallest absolute Gasteiger partial charge is 0.410 e. The lowest BCUT2D eigenvalue weighted by Crippen LogP contribution is -2.45. The summed E-state index contributed by atoms with van der Waals surface area (Å²) in [7, 11) is 0. The first-order valence-corrected chi connectivity index (χ1v) is 7.88. The van der Waals surface area contributed by atoms with E-state index in [2.05, 4.69) is 5.32 Å². The van der Waals surface area contributed by atoms with Gasteiger partial charge >= 0.3 is 6.09 Å². The van der Waals surface area contributed by atoms with E-state index in [1.54, 1.807) is 32.9 Å². The Morgan fingerprint density at radius 2 is 1.83 bits per heavy atom. The number of nitrogens with one attached hydrogen (secondary N) is 1. The lowest BCUT2D eigenvalue weighted by molar-refractivity contribution is -0.120. The maximum atomic E-state index is 12.5. The number of anilines is 1. The maximum absolute atomic E-state index is 12.5. The number of rotatable bonds is 3. The molecule has 1 aromatic rings. The van der Waals surface area contributed by atoms with Crippen molar-refractivity contribution in [1.82, 2.24) is 4.90 Å². The van der Waals surface area contributed by atoms with Gasteiger partial charge in [0.15, 0.2) is 0 Å². The van der Waals surface area contributed by atoms with Gasteiger partial charge < -0.3 is 15.8 Å². The summed E-state index contributed by atoms with van der Waals surface area (Å²) in [5, 5.41) is 2.76. The normalized spacial score (nSPS) is 17.5. The molecule has 130 valence electrons. The van der Waals surface area contributed by atoms with Crippen LogP contribution in [0.4, 0.5) is 10.5 Å². The number of hydrogen-bond acceptors (Lipinski definition) is 4. The minimum absolute atomic E-state index is 0.273. The summed E-state index contributed by atoms with van der Waals surface area (Å²) in [6.45, 7) is 5.86. The Hall–Kier alpha value is -2.57. The first-order chi connectivity index (χ1) is 11.2. The highest BCUT2D eigenvalue weighted by molar-refractivity contribution is 5.98. The third kappa shape index (κ3) is 4.47. The van der Waals surface area contributed by atoms with Gasteiger partial charge in [-0.3, -0.25) is 14.5 Å². The van der Waals surface area contributed by atoms with Crippen LogP contribution in [0.1, 0.15) is 44.0 Å². The molecule has 1 atom stereocenters. The summed E-state index contributed by atoms with van der Waals surface area (Å²) < 4.78 is 5.35. The molecule has 1 aliphatic rings. The quantitative estimate of drug-likeness (QED) is 0.884. The zero-order valence-corrected chi connectivity index (χ0v) is 14.2. The Kier molecular flexibility index (Phi) is 5.11. The minimum atomic E-state index is -0.606. The van der Waals surface area contributed by atoms with E-state index in [0.717, 1.165) is 6.42 Å². The summed E-state index contributed by atoms with van der Waals surface area (Å²) in [6, 6.07) is 5.72. The SMILES string of the molecule is CC(C)(C)OC(=O)N1CCC[C@H]1C(=O)Nc1ccc(C(N)=O)cc1. The van der Waals surface area contributed by atoms with Crippen LogP contribution in [0.3, 0.4) is 0 Å². The fourth-order valence-electron chi connectivity index (χ4n) is 2.52. The summed E-state index contributed by atoms with van der Waals surface area (Å²) in [4.78, 5) is 37.2. The lowest BCUT2D eigenvalue weighted by atomic mass is 10.1. The molecule has 0 radical (unpaired) electrons. The standard InChI is InChI=1S/C17H23N3O4/c1-17(2,3)24-16(23)20-10-4-5-13(20)15(22)19-12-8-6-11(7-9-12)14(18)21/h6-9,13H,4-5,10H2,1-3H3,(H2,18,21)(H,19,22)/t13-/m0/s1. The van der Waals surface area contributed by atoms with Crippen molar-refractivity contribution in [2.24, 2.45) is 5.73 Å². The monoisotopic (exact) mass is 333 g/mol. The molecule has 0 spiro atoms. The zero-order chi connectivity index (χ0) is 17.9. The van der Waals surface area contributed by atoms with Gasteiger partial charge in [0.25, 0.3) is 0 Å². The molecule has 3 N–H and O–H groups in total. The highest BCUT2D eigenvalue weighted by Gasteiger charge is 2.36. The Bertz CT molecular complexity index is 634. The second-order valence-electron chi connectivity index (χ2n) is 6.76. The fourth-order valence-corrected chi connectivity index (χ4v) is 2.52. The van der Waals surface area contributed by atoms with E-state index in [0.29, 0.717) is 24.2 Å². The van der Waals surface area contributed by atoms with Gasteiger partial charge in [-0.15, -0.1) is 0 Å². The number of amides is 3. The average Bonchev–Trinajstić information content (AvgIpc) is 2.95. The van der Waals surface area contributed by atoms with E-state index in [1.807, 2.05) is 0 Å². The van der Waals surface area contributed by atoms with Crippen LogP contribution in [-0.2, 0) is 9.53 Å². The Morgan fingerprint density at radius 3 is 2.38 bits per heavy atom. The summed E-state index contributed by atoms with van der Waals surface area (Å²) in [5.74, 6) is -0.801. The number of ether oxygens (including phenoxy) is 1. The lowest BCUT2D eigenvalue weighted by Gasteiger charge is -2.28. The summed E-state index contributed by atoms with van der Waals surface area (Å²) in [5.41, 5.74) is 5.48.